The molecule has 22 heavy (non-hydrogen) atoms. The van der Waals surface area contributed by atoms with Crippen molar-refractivity contribution in [3.05, 3.63) is 52.4 Å². The number of nitrogens with two attached hydrogens (primary N) is 1. The average Bonchev–Trinajstić information content (AvgIpc) is 3.00. The average molecular weight is 322 g/mol. The van der Waals surface area contributed by atoms with Crippen LogP contribution >= 0.6 is 12.4 Å². The Morgan fingerprint density at radius 2 is 2.18 bits per heavy atom. The highest BCUT2D eigenvalue weighted by atomic mass is 35.5. The number of rotatable bonds is 3. The first-order chi connectivity index (χ1) is 10.1. The van der Waals surface area contributed by atoms with Gasteiger partial charge in [0.1, 0.15) is 11.3 Å². The maximum absolute atomic E-state index is 12.5. The molecule has 0 radical (unpaired) electrons. The number of carbonyl (C=O) groups excluding carboxylic acids is 1. The molecule has 0 saturated heterocycles. The van der Waals surface area contributed by atoms with E-state index in [4.69, 9.17) is 10.3 Å². The second-order valence-corrected chi connectivity index (χ2v) is 5.42. The summed E-state index contributed by atoms with van der Waals surface area (Å²) in [5.74, 6) is 0.396. The van der Waals surface area contributed by atoms with E-state index in [1.807, 2.05) is 25.1 Å². The molecule has 6 heteroatoms. The molecule has 3 rings (SSSR count). The van der Waals surface area contributed by atoms with Crippen molar-refractivity contribution in [2.24, 2.45) is 5.73 Å². The SMILES string of the molecule is CCc1noc(C)c1C(=O)N[C@H]1Cc2ccccc2[C@@H]1N.Cl. The minimum atomic E-state index is -0.171. The van der Waals surface area contributed by atoms with Crippen molar-refractivity contribution in [1.29, 1.82) is 0 Å². The zero-order valence-electron chi connectivity index (χ0n) is 12.6. The number of hydrogen-bond donors (Lipinski definition) is 2. The van der Waals surface area contributed by atoms with E-state index in [0.717, 1.165) is 12.0 Å². The normalized spacial score (nSPS) is 19.4. The number of aryl methyl sites for hydroxylation is 2. The Bertz CT molecular complexity index is 684. The second kappa shape index (κ2) is 6.50. The van der Waals surface area contributed by atoms with Crippen molar-refractivity contribution in [3.8, 4) is 0 Å². The lowest BCUT2D eigenvalue weighted by atomic mass is 10.1. The molecule has 2 atom stereocenters. The number of amides is 1. The van der Waals surface area contributed by atoms with Crippen LogP contribution in [0, 0.1) is 6.92 Å². The van der Waals surface area contributed by atoms with Crippen molar-refractivity contribution in [2.75, 3.05) is 0 Å². The van der Waals surface area contributed by atoms with E-state index in [1.54, 1.807) is 6.92 Å². The van der Waals surface area contributed by atoms with Crippen molar-refractivity contribution in [3.63, 3.8) is 0 Å². The van der Waals surface area contributed by atoms with Crippen LogP contribution in [0.1, 0.15) is 45.9 Å². The molecule has 5 nitrogen and oxygen atoms in total. The van der Waals surface area contributed by atoms with Gasteiger partial charge in [0.15, 0.2) is 0 Å². The first kappa shape index (κ1) is 16.5. The highest BCUT2D eigenvalue weighted by Gasteiger charge is 2.32. The maximum Gasteiger partial charge on any atom is 0.257 e. The van der Waals surface area contributed by atoms with Gasteiger partial charge in [-0.25, -0.2) is 0 Å². The monoisotopic (exact) mass is 321 g/mol. The molecule has 1 heterocycles. The van der Waals surface area contributed by atoms with Crippen molar-refractivity contribution < 1.29 is 9.32 Å². The summed E-state index contributed by atoms with van der Waals surface area (Å²) in [6.45, 7) is 3.70. The fraction of sp³-hybridized carbons (Fsp3) is 0.375. The molecule has 0 saturated carbocycles. The van der Waals surface area contributed by atoms with E-state index < -0.39 is 0 Å². The molecule has 118 valence electrons. The van der Waals surface area contributed by atoms with Crippen LogP contribution in [0.15, 0.2) is 28.8 Å². The lowest BCUT2D eigenvalue weighted by Gasteiger charge is -2.17. The van der Waals surface area contributed by atoms with Gasteiger partial charge >= 0.3 is 0 Å². The Hall–Kier alpha value is -1.85. The third-order valence-corrected chi connectivity index (χ3v) is 4.10. The number of aromatic nitrogens is 1. The van der Waals surface area contributed by atoms with E-state index >= 15 is 0 Å². The van der Waals surface area contributed by atoms with Gasteiger partial charge in [0.05, 0.1) is 17.8 Å². The van der Waals surface area contributed by atoms with Crippen LogP contribution in [0.2, 0.25) is 0 Å². The Balaban J connectivity index is 0.00000176. The minimum absolute atomic E-state index is 0. The van der Waals surface area contributed by atoms with Crippen molar-refractivity contribution in [1.82, 2.24) is 10.5 Å². The molecule has 0 unspecified atom stereocenters. The van der Waals surface area contributed by atoms with Crippen LogP contribution in [0.4, 0.5) is 0 Å². The number of halogens is 1. The number of hydrogen-bond acceptors (Lipinski definition) is 4. The van der Waals surface area contributed by atoms with Crippen molar-refractivity contribution >= 4 is 18.3 Å². The molecule has 1 aliphatic carbocycles. The van der Waals surface area contributed by atoms with Crippen LogP contribution in [0.3, 0.4) is 0 Å². The van der Waals surface area contributed by atoms with Crippen LogP contribution in [-0.4, -0.2) is 17.1 Å². The molecule has 1 aromatic carbocycles. The first-order valence-electron chi connectivity index (χ1n) is 7.21. The summed E-state index contributed by atoms with van der Waals surface area (Å²) in [5.41, 5.74) is 9.79. The molecule has 3 N–H and O–H groups in total. The summed E-state index contributed by atoms with van der Waals surface area (Å²) in [5, 5.41) is 6.95. The summed E-state index contributed by atoms with van der Waals surface area (Å²) in [6, 6.07) is 7.79. The number of nitrogens with zero attached hydrogens (tertiary/aromatic N) is 1. The highest BCUT2D eigenvalue weighted by molar-refractivity contribution is 5.96. The zero-order chi connectivity index (χ0) is 15.0. The molecule has 1 amide bonds. The Kier molecular flexibility index (Phi) is 4.88. The third kappa shape index (κ3) is 2.74. The Morgan fingerprint density at radius 1 is 1.45 bits per heavy atom. The summed E-state index contributed by atoms with van der Waals surface area (Å²) in [4.78, 5) is 12.5. The number of nitrogens with one attached hydrogen (secondary N) is 1. The topological polar surface area (TPSA) is 81.2 Å². The van der Waals surface area contributed by atoms with Crippen LogP contribution in [0.25, 0.3) is 0 Å². The molecule has 0 fully saturated rings. The van der Waals surface area contributed by atoms with Crippen molar-refractivity contribution in [2.45, 2.75) is 38.8 Å². The zero-order valence-corrected chi connectivity index (χ0v) is 13.4. The Morgan fingerprint density at radius 3 is 2.86 bits per heavy atom. The van der Waals surface area contributed by atoms with Gasteiger partial charge in [-0.3, -0.25) is 4.79 Å². The smallest absolute Gasteiger partial charge is 0.257 e. The van der Waals surface area contributed by atoms with Gasteiger partial charge in [0, 0.05) is 0 Å². The van der Waals surface area contributed by atoms with E-state index in [-0.39, 0.29) is 30.4 Å². The van der Waals surface area contributed by atoms with Gasteiger partial charge in [-0.05, 0) is 30.9 Å². The summed E-state index contributed by atoms with van der Waals surface area (Å²) in [7, 11) is 0. The van der Waals surface area contributed by atoms with Crippen LogP contribution in [-0.2, 0) is 12.8 Å². The fourth-order valence-electron chi connectivity index (χ4n) is 2.96. The van der Waals surface area contributed by atoms with Gasteiger partial charge in [-0.1, -0.05) is 36.3 Å². The van der Waals surface area contributed by atoms with Crippen LogP contribution < -0.4 is 11.1 Å². The van der Waals surface area contributed by atoms with Gasteiger partial charge in [-0.2, -0.15) is 0 Å². The van der Waals surface area contributed by atoms with E-state index in [1.165, 1.54) is 5.56 Å². The number of carbonyl (C=O) groups is 1. The lowest BCUT2D eigenvalue weighted by Crippen LogP contribution is -2.41. The number of fused-ring (bicyclic) bond motifs is 1. The lowest BCUT2D eigenvalue weighted by molar-refractivity contribution is 0.0931. The van der Waals surface area contributed by atoms with Gasteiger partial charge in [0.25, 0.3) is 5.91 Å². The predicted molar refractivity (Wildman–Crippen MR) is 86.2 cm³/mol. The fourth-order valence-corrected chi connectivity index (χ4v) is 2.96. The second-order valence-electron chi connectivity index (χ2n) is 5.42. The molecule has 2 aromatic rings. The van der Waals surface area contributed by atoms with Crippen LogP contribution in [0.5, 0.6) is 0 Å². The molecule has 0 spiro atoms. The van der Waals surface area contributed by atoms with E-state index in [0.29, 0.717) is 23.4 Å². The third-order valence-electron chi connectivity index (χ3n) is 4.10. The molecule has 1 aliphatic rings. The summed E-state index contributed by atoms with van der Waals surface area (Å²) >= 11 is 0. The van der Waals surface area contributed by atoms with Gasteiger partial charge in [-0.15, -0.1) is 12.4 Å². The predicted octanol–water partition coefficient (Wildman–Crippen LogP) is 2.32. The standard InChI is InChI=1S/C16H19N3O2.ClH/c1-3-12-14(9(2)21-19-12)16(20)18-13-8-10-6-4-5-7-11(10)15(13)17;/h4-7,13,15H,3,8,17H2,1-2H3,(H,18,20);1H/t13-,15-;/m0./s1. The van der Waals surface area contributed by atoms with Gasteiger partial charge in [0.2, 0.25) is 0 Å². The molecular formula is C16H20ClN3O2. The quantitative estimate of drug-likeness (QED) is 0.909. The largest absolute Gasteiger partial charge is 0.361 e. The highest BCUT2D eigenvalue weighted by Crippen LogP contribution is 2.29. The number of benzene rings is 1. The molecular weight excluding hydrogens is 302 g/mol. The first-order valence-corrected chi connectivity index (χ1v) is 7.21. The van der Waals surface area contributed by atoms with E-state index in [2.05, 4.69) is 16.5 Å². The molecule has 0 aliphatic heterocycles. The van der Waals surface area contributed by atoms with Gasteiger partial charge < -0.3 is 15.6 Å². The summed E-state index contributed by atoms with van der Waals surface area (Å²) in [6.07, 6.45) is 1.42. The maximum atomic E-state index is 12.5. The Labute approximate surface area is 135 Å². The molecule has 1 aromatic heterocycles. The molecule has 0 bridgehead atoms. The minimum Gasteiger partial charge on any atom is -0.361 e. The van der Waals surface area contributed by atoms with E-state index in [9.17, 15) is 4.79 Å². The summed E-state index contributed by atoms with van der Waals surface area (Å²) < 4.78 is 5.12.